The minimum absolute atomic E-state index is 0.299. The van der Waals surface area contributed by atoms with Crippen molar-refractivity contribution in [2.24, 2.45) is 0 Å². The molecule has 2 aromatic heterocycles. The summed E-state index contributed by atoms with van der Waals surface area (Å²) in [5.74, 6) is -1.02. The SMILES string of the molecule is CC(Oc1ccc(C(F)(F)F)n2nc(N)nc12)C(F)(F)F. The van der Waals surface area contributed by atoms with E-state index in [1.54, 1.807) is 0 Å². The lowest BCUT2D eigenvalue weighted by molar-refractivity contribution is -0.189. The maximum absolute atomic E-state index is 12.8. The van der Waals surface area contributed by atoms with E-state index in [0.717, 1.165) is 6.07 Å². The van der Waals surface area contributed by atoms with E-state index in [2.05, 4.69) is 14.8 Å². The van der Waals surface area contributed by atoms with Crippen LogP contribution in [0.4, 0.5) is 32.3 Å². The molecule has 0 fully saturated rings. The Morgan fingerprint density at radius 3 is 2.33 bits per heavy atom. The topological polar surface area (TPSA) is 65.4 Å². The monoisotopic (exact) mass is 314 g/mol. The molecule has 0 spiro atoms. The molecule has 0 aliphatic heterocycles. The molecule has 0 saturated heterocycles. The Hall–Kier alpha value is -2.20. The third-order valence-corrected chi connectivity index (χ3v) is 2.52. The first-order valence-electron chi connectivity index (χ1n) is 5.46. The van der Waals surface area contributed by atoms with Gasteiger partial charge in [0.1, 0.15) is 5.69 Å². The van der Waals surface area contributed by atoms with Crippen molar-refractivity contribution in [1.29, 1.82) is 0 Å². The van der Waals surface area contributed by atoms with Gasteiger partial charge >= 0.3 is 12.4 Å². The van der Waals surface area contributed by atoms with E-state index in [1.165, 1.54) is 0 Å². The molecular formula is C10H8F6N4O. The molecule has 0 amide bonds. The zero-order valence-corrected chi connectivity index (χ0v) is 10.3. The highest BCUT2D eigenvalue weighted by molar-refractivity contribution is 5.56. The van der Waals surface area contributed by atoms with Crippen LogP contribution in [-0.2, 0) is 6.18 Å². The second-order valence-corrected chi connectivity index (χ2v) is 4.09. The van der Waals surface area contributed by atoms with E-state index < -0.39 is 41.5 Å². The quantitative estimate of drug-likeness (QED) is 0.866. The fourth-order valence-corrected chi connectivity index (χ4v) is 1.52. The van der Waals surface area contributed by atoms with E-state index >= 15 is 0 Å². The van der Waals surface area contributed by atoms with Gasteiger partial charge in [-0.3, -0.25) is 0 Å². The van der Waals surface area contributed by atoms with Crippen LogP contribution in [0.15, 0.2) is 12.1 Å². The van der Waals surface area contributed by atoms with Crippen molar-refractivity contribution in [3.05, 3.63) is 17.8 Å². The van der Waals surface area contributed by atoms with Gasteiger partial charge in [-0.15, -0.1) is 5.10 Å². The first-order chi connectivity index (χ1) is 9.50. The minimum atomic E-state index is -4.77. The van der Waals surface area contributed by atoms with Crippen LogP contribution in [0, 0.1) is 0 Å². The normalized spacial score (nSPS) is 14.4. The Bertz CT molecular complexity index is 662. The Kier molecular flexibility index (Phi) is 3.38. The summed E-state index contributed by atoms with van der Waals surface area (Å²) in [5.41, 5.74) is 3.43. The number of pyridine rings is 1. The molecule has 1 unspecified atom stereocenters. The zero-order valence-electron chi connectivity index (χ0n) is 10.3. The van der Waals surface area contributed by atoms with Crippen molar-refractivity contribution in [3.8, 4) is 5.75 Å². The number of aromatic nitrogens is 3. The van der Waals surface area contributed by atoms with Crippen molar-refractivity contribution in [2.75, 3.05) is 5.73 Å². The number of fused-ring (bicyclic) bond motifs is 1. The number of halogens is 6. The number of nitrogen functional groups attached to an aromatic ring is 1. The Morgan fingerprint density at radius 1 is 1.19 bits per heavy atom. The Balaban J connectivity index is 2.53. The van der Waals surface area contributed by atoms with Gasteiger partial charge in [-0.2, -0.15) is 31.3 Å². The van der Waals surface area contributed by atoms with Crippen LogP contribution in [-0.4, -0.2) is 26.9 Å². The number of alkyl halides is 6. The van der Waals surface area contributed by atoms with Crippen molar-refractivity contribution in [1.82, 2.24) is 14.6 Å². The van der Waals surface area contributed by atoms with E-state index in [1.807, 2.05) is 0 Å². The molecule has 11 heteroatoms. The molecule has 5 nitrogen and oxygen atoms in total. The molecule has 0 aliphatic rings. The predicted molar refractivity (Wildman–Crippen MR) is 58.5 cm³/mol. The Morgan fingerprint density at radius 2 is 1.81 bits per heavy atom. The number of nitrogens with two attached hydrogens (primary N) is 1. The van der Waals surface area contributed by atoms with Gasteiger partial charge in [-0.1, -0.05) is 0 Å². The van der Waals surface area contributed by atoms with Crippen LogP contribution in [0.5, 0.6) is 5.75 Å². The van der Waals surface area contributed by atoms with Gasteiger partial charge in [0, 0.05) is 0 Å². The number of anilines is 1. The summed E-state index contributed by atoms with van der Waals surface area (Å²) in [6.45, 7) is 0.716. The molecule has 0 aliphatic carbocycles. The molecule has 0 bridgehead atoms. The van der Waals surface area contributed by atoms with Gasteiger partial charge in [0.2, 0.25) is 5.95 Å². The van der Waals surface area contributed by atoms with Crippen LogP contribution in [0.1, 0.15) is 12.6 Å². The van der Waals surface area contributed by atoms with Gasteiger partial charge in [-0.25, -0.2) is 4.52 Å². The summed E-state index contributed by atoms with van der Waals surface area (Å²) in [5, 5.41) is 3.31. The van der Waals surface area contributed by atoms with Crippen molar-refractivity contribution >= 4 is 11.6 Å². The molecule has 0 aromatic carbocycles. The lowest BCUT2D eigenvalue weighted by atomic mass is 10.3. The maximum Gasteiger partial charge on any atom is 0.433 e. The van der Waals surface area contributed by atoms with Crippen LogP contribution >= 0.6 is 0 Å². The van der Waals surface area contributed by atoms with Gasteiger partial charge in [-0.05, 0) is 19.1 Å². The van der Waals surface area contributed by atoms with Gasteiger partial charge in [0.15, 0.2) is 17.5 Å². The predicted octanol–water partition coefficient (Wildman–Crippen LogP) is 2.66. The third-order valence-electron chi connectivity index (χ3n) is 2.52. The first kappa shape index (κ1) is 15.2. The Labute approximate surface area is 113 Å². The standard InChI is InChI=1S/C10H8F6N4O/c1-4(9(11,12)13)21-5-2-3-6(10(14,15)16)20-7(5)18-8(17)19-20/h2-4H,1H3,(H2,17,19). The molecule has 2 heterocycles. The summed E-state index contributed by atoms with van der Waals surface area (Å²) < 4.78 is 80.5. The number of hydrogen-bond donors (Lipinski definition) is 1. The zero-order chi connectivity index (χ0) is 16.0. The van der Waals surface area contributed by atoms with E-state index in [-0.39, 0.29) is 0 Å². The molecule has 21 heavy (non-hydrogen) atoms. The second-order valence-electron chi connectivity index (χ2n) is 4.09. The summed E-state index contributed by atoms with van der Waals surface area (Å²) in [7, 11) is 0. The highest BCUT2D eigenvalue weighted by Crippen LogP contribution is 2.33. The van der Waals surface area contributed by atoms with Crippen molar-refractivity contribution < 1.29 is 31.1 Å². The average Bonchev–Trinajstić information content (AvgIpc) is 2.67. The number of ether oxygens (including phenoxy) is 1. The van der Waals surface area contributed by atoms with Crippen LogP contribution in [0.2, 0.25) is 0 Å². The van der Waals surface area contributed by atoms with E-state index in [4.69, 9.17) is 5.73 Å². The molecule has 0 radical (unpaired) electrons. The molecule has 116 valence electrons. The molecule has 2 rings (SSSR count). The van der Waals surface area contributed by atoms with Crippen LogP contribution < -0.4 is 10.5 Å². The fraction of sp³-hybridized carbons (Fsp3) is 0.400. The largest absolute Gasteiger partial charge is 0.477 e. The van der Waals surface area contributed by atoms with E-state index in [9.17, 15) is 26.3 Å². The van der Waals surface area contributed by atoms with Gasteiger partial charge < -0.3 is 10.5 Å². The van der Waals surface area contributed by atoms with Crippen LogP contribution in [0.3, 0.4) is 0 Å². The van der Waals surface area contributed by atoms with Gasteiger partial charge in [0.25, 0.3) is 0 Å². The molecule has 1 atom stereocenters. The molecule has 2 N–H and O–H groups in total. The number of nitrogens with zero attached hydrogens (tertiary/aromatic N) is 3. The lowest BCUT2D eigenvalue weighted by Gasteiger charge is -2.18. The lowest BCUT2D eigenvalue weighted by Crippen LogP contribution is -2.31. The summed E-state index contributed by atoms with van der Waals surface area (Å²) in [4.78, 5) is 3.46. The fourth-order valence-electron chi connectivity index (χ4n) is 1.52. The summed E-state index contributed by atoms with van der Waals surface area (Å²) >= 11 is 0. The minimum Gasteiger partial charge on any atom is -0.477 e. The van der Waals surface area contributed by atoms with Crippen molar-refractivity contribution in [2.45, 2.75) is 25.4 Å². The second kappa shape index (κ2) is 4.67. The summed E-state index contributed by atoms with van der Waals surface area (Å²) in [6, 6.07) is 1.29. The highest BCUT2D eigenvalue weighted by Gasteiger charge is 2.39. The molecule has 0 saturated carbocycles. The third kappa shape index (κ3) is 2.95. The van der Waals surface area contributed by atoms with Crippen molar-refractivity contribution in [3.63, 3.8) is 0 Å². The first-order valence-corrected chi connectivity index (χ1v) is 5.46. The highest BCUT2D eigenvalue weighted by atomic mass is 19.4. The van der Waals surface area contributed by atoms with E-state index in [0.29, 0.717) is 17.5 Å². The number of hydrogen-bond acceptors (Lipinski definition) is 4. The smallest absolute Gasteiger partial charge is 0.433 e. The maximum atomic E-state index is 12.8. The number of rotatable bonds is 2. The average molecular weight is 314 g/mol. The van der Waals surface area contributed by atoms with Crippen LogP contribution in [0.25, 0.3) is 5.65 Å². The van der Waals surface area contributed by atoms with Gasteiger partial charge in [0.05, 0.1) is 0 Å². The molecule has 2 aromatic rings. The molecular weight excluding hydrogens is 306 g/mol. The summed E-state index contributed by atoms with van der Waals surface area (Å²) in [6.07, 6.45) is -11.7.